The maximum absolute atomic E-state index is 9.04. The van der Waals surface area contributed by atoms with Gasteiger partial charge < -0.3 is 4.98 Å². The minimum Gasteiger partial charge on any atom is -0.330 e. The average Bonchev–Trinajstić information content (AvgIpc) is 2.76. The van der Waals surface area contributed by atoms with E-state index < -0.39 is 0 Å². The van der Waals surface area contributed by atoms with E-state index in [-0.39, 0.29) is 0 Å². The number of nitrogens with one attached hydrogen (secondary N) is 1. The molecule has 0 fully saturated rings. The summed E-state index contributed by atoms with van der Waals surface area (Å²) < 4.78 is 2.42. The second-order valence-electron chi connectivity index (χ2n) is 4.56. The van der Waals surface area contributed by atoms with Gasteiger partial charge in [-0.25, -0.2) is 0 Å². The standard InChI is InChI=1S/C15H10ClN3S/c1-9-2-4-11(16)13(6-9)19-14-7-10(8-17)3-5-12(14)18-15(19)20/h2-7H,1H3,(H,18,20). The Balaban J connectivity index is 2.41. The Bertz CT molecular complexity index is 915. The number of fused-ring (bicyclic) bond motifs is 1. The molecule has 2 aromatic carbocycles. The van der Waals surface area contributed by atoms with Gasteiger partial charge in [0.15, 0.2) is 4.77 Å². The number of aromatic amines is 1. The van der Waals surface area contributed by atoms with Crippen molar-refractivity contribution < 1.29 is 0 Å². The second kappa shape index (κ2) is 4.78. The first kappa shape index (κ1) is 12.9. The summed E-state index contributed by atoms with van der Waals surface area (Å²) in [6.45, 7) is 2.00. The molecule has 5 heteroatoms. The summed E-state index contributed by atoms with van der Waals surface area (Å²) >= 11 is 11.7. The van der Waals surface area contributed by atoms with Crippen LogP contribution < -0.4 is 0 Å². The van der Waals surface area contributed by atoms with Gasteiger partial charge in [0.2, 0.25) is 0 Å². The molecule has 0 amide bonds. The molecular formula is C15H10ClN3S. The molecule has 1 heterocycles. The number of H-pyrrole nitrogens is 1. The Morgan fingerprint density at radius 3 is 2.80 bits per heavy atom. The van der Waals surface area contributed by atoms with Gasteiger partial charge in [-0.1, -0.05) is 17.7 Å². The highest BCUT2D eigenvalue weighted by Crippen LogP contribution is 2.27. The van der Waals surface area contributed by atoms with Crippen LogP contribution in [0.15, 0.2) is 36.4 Å². The first-order valence-electron chi connectivity index (χ1n) is 6.01. The number of rotatable bonds is 1. The molecule has 3 nitrogen and oxygen atoms in total. The summed E-state index contributed by atoms with van der Waals surface area (Å²) in [4.78, 5) is 3.13. The molecule has 0 aliphatic heterocycles. The number of aromatic nitrogens is 2. The van der Waals surface area contributed by atoms with Crippen LogP contribution in [0.25, 0.3) is 16.7 Å². The van der Waals surface area contributed by atoms with E-state index in [9.17, 15) is 0 Å². The van der Waals surface area contributed by atoms with E-state index in [2.05, 4.69) is 11.1 Å². The second-order valence-corrected chi connectivity index (χ2v) is 5.36. The predicted octanol–water partition coefficient (Wildman–Crippen LogP) is 4.52. The third-order valence-corrected chi connectivity index (χ3v) is 3.76. The molecule has 0 atom stereocenters. The number of nitrogens with zero attached hydrogens (tertiary/aromatic N) is 2. The minimum atomic E-state index is 0.558. The van der Waals surface area contributed by atoms with Crippen LogP contribution in [0.3, 0.4) is 0 Å². The molecule has 0 saturated carbocycles. The van der Waals surface area contributed by atoms with Crippen molar-refractivity contribution >= 4 is 34.9 Å². The van der Waals surface area contributed by atoms with Gasteiger partial charge in [-0.3, -0.25) is 4.57 Å². The van der Waals surface area contributed by atoms with E-state index in [0.717, 1.165) is 22.3 Å². The molecule has 3 rings (SSSR count). The lowest BCUT2D eigenvalue weighted by atomic mass is 10.2. The van der Waals surface area contributed by atoms with Crippen LogP contribution >= 0.6 is 23.8 Å². The maximum Gasteiger partial charge on any atom is 0.182 e. The van der Waals surface area contributed by atoms with E-state index >= 15 is 0 Å². The predicted molar refractivity (Wildman–Crippen MR) is 82.9 cm³/mol. The fraction of sp³-hybridized carbons (Fsp3) is 0.0667. The molecule has 0 radical (unpaired) electrons. The highest BCUT2D eigenvalue weighted by Gasteiger charge is 2.10. The molecule has 0 unspecified atom stereocenters. The first-order chi connectivity index (χ1) is 9.60. The van der Waals surface area contributed by atoms with Crippen LogP contribution in [0.5, 0.6) is 0 Å². The van der Waals surface area contributed by atoms with E-state index in [4.69, 9.17) is 29.1 Å². The number of hydrogen-bond donors (Lipinski definition) is 1. The maximum atomic E-state index is 9.04. The lowest BCUT2D eigenvalue weighted by Gasteiger charge is -2.08. The summed E-state index contributed by atoms with van der Waals surface area (Å²) in [6.07, 6.45) is 0. The summed E-state index contributed by atoms with van der Waals surface area (Å²) in [7, 11) is 0. The minimum absolute atomic E-state index is 0.558. The van der Waals surface area contributed by atoms with Gasteiger partial charge in [0, 0.05) is 0 Å². The lowest BCUT2D eigenvalue weighted by Crippen LogP contribution is -1.96. The molecule has 1 N–H and O–H groups in total. The summed E-state index contributed by atoms with van der Waals surface area (Å²) in [5, 5.41) is 9.66. The topological polar surface area (TPSA) is 44.5 Å². The van der Waals surface area contributed by atoms with Crippen LogP contribution in [-0.4, -0.2) is 9.55 Å². The number of nitriles is 1. The molecule has 0 bridgehead atoms. The summed E-state index contributed by atoms with van der Waals surface area (Å²) in [6, 6.07) is 13.3. The smallest absolute Gasteiger partial charge is 0.182 e. The van der Waals surface area contributed by atoms with E-state index in [1.54, 1.807) is 12.1 Å². The van der Waals surface area contributed by atoms with Gasteiger partial charge in [0.05, 0.1) is 33.4 Å². The van der Waals surface area contributed by atoms with Gasteiger partial charge in [0.25, 0.3) is 0 Å². The van der Waals surface area contributed by atoms with Crippen molar-refractivity contribution in [3.63, 3.8) is 0 Å². The zero-order chi connectivity index (χ0) is 14.3. The Morgan fingerprint density at radius 1 is 1.25 bits per heavy atom. The number of halogens is 1. The number of imidazole rings is 1. The third kappa shape index (κ3) is 2.01. The van der Waals surface area contributed by atoms with Crippen molar-refractivity contribution in [2.45, 2.75) is 6.92 Å². The number of aryl methyl sites for hydroxylation is 1. The molecule has 0 aliphatic carbocycles. The number of hydrogen-bond acceptors (Lipinski definition) is 2. The van der Waals surface area contributed by atoms with Gasteiger partial charge in [0.1, 0.15) is 0 Å². The highest BCUT2D eigenvalue weighted by atomic mass is 35.5. The van der Waals surface area contributed by atoms with Crippen molar-refractivity contribution in [2.75, 3.05) is 0 Å². The third-order valence-electron chi connectivity index (χ3n) is 3.15. The zero-order valence-corrected chi connectivity index (χ0v) is 12.2. The molecule has 98 valence electrons. The Kier molecular flexibility index (Phi) is 3.09. The molecule has 0 spiro atoms. The summed E-state index contributed by atoms with van der Waals surface area (Å²) in [5.41, 5.74) is 4.23. The average molecular weight is 300 g/mol. The van der Waals surface area contributed by atoms with Crippen molar-refractivity contribution in [1.82, 2.24) is 9.55 Å². The Morgan fingerprint density at radius 2 is 2.05 bits per heavy atom. The normalized spacial score (nSPS) is 10.7. The fourth-order valence-electron chi connectivity index (χ4n) is 2.21. The van der Waals surface area contributed by atoms with Crippen LogP contribution in [-0.2, 0) is 0 Å². The van der Waals surface area contributed by atoms with Crippen molar-refractivity contribution in [2.24, 2.45) is 0 Å². The van der Waals surface area contributed by atoms with Gasteiger partial charge in [-0.05, 0) is 55.0 Å². The Labute approximate surface area is 126 Å². The van der Waals surface area contributed by atoms with Crippen LogP contribution in [0.2, 0.25) is 5.02 Å². The lowest BCUT2D eigenvalue weighted by molar-refractivity contribution is 1.06. The zero-order valence-electron chi connectivity index (χ0n) is 10.6. The first-order valence-corrected chi connectivity index (χ1v) is 6.80. The van der Waals surface area contributed by atoms with Gasteiger partial charge in [-0.15, -0.1) is 0 Å². The van der Waals surface area contributed by atoms with Crippen LogP contribution in [0.1, 0.15) is 11.1 Å². The van der Waals surface area contributed by atoms with Crippen LogP contribution in [0.4, 0.5) is 0 Å². The van der Waals surface area contributed by atoms with E-state index in [0.29, 0.717) is 15.4 Å². The SMILES string of the molecule is Cc1ccc(Cl)c(-n2c(=S)[nH]c3ccc(C#N)cc32)c1. The van der Waals surface area contributed by atoms with E-state index in [1.165, 1.54) is 0 Å². The van der Waals surface area contributed by atoms with E-state index in [1.807, 2.05) is 35.8 Å². The fourth-order valence-corrected chi connectivity index (χ4v) is 2.71. The molecule has 3 aromatic rings. The largest absolute Gasteiger partial charge is 0.330 e. The van der Waals surface area contributed by atoms with Crippen molar-refractivity contribution in [3.8, 4) is 11.8 Å². The van der Waals surface area contributed by atoms with Crippen molar-refractivity contribution in [1.29, 1.82) is 5.26 Å². The van der Waals surface area contributed by atoms with Crippen molar-refractivity contribution in [3.05, 3.63) is 57.3 Å². The Hall–Kier alpha value is -2.09. The summed E-state index contributed by atoms with van der Waals surface area (Å²) in [5.74, 6) is 0. The van der Waals surface area contributed by atoms with Crippen LogP contribution in [0, 0.1) is 23.0 Å². The van der Waals surface area contributed by atoms with Gasteiger partial charge >= 0.3 is 0 Å². The molecule has 20 heavy (non-hydrogen) atoms. The molecule has 0 aliphatic rings. The molecule has 0 saturated heterocycles. The highest BCUT2D eigenvalue weighted by molar-refractivity contribution is 7.71. The van der Waals surface area contributed by atoms with Gasteiger partial charge in [-0.2, -0.15) is 5.26 Å². The molecular weight excluding hydrogens is 290 g/mol. The number of benzene rings is 2. The monoisotopic (exact) mass is 299 g/mol. The quantitative estimate of drug-likeness (QED) is 0.671. The molecule has 1 aromatic heterocycles.